The zero-order valence-electron chi connectivity index (χ0n) is 13.5. The van der Waals surface area contributed by atoms with Crippen LogP contribution in [-0.4, -0.2) is 42.4 Å². The van der Waals surface area contributed by atoms with Crippen LogP contribution in [0.15, 0.2) is 24.8 Å². The zero-order valence-corrected chi connectivity index (χ0v) is 14.4. The van der Waals surface area contributed by atoms with Gasteiger partial charge in [0, 0.05) is 22.8 Å². The predicted molar refractivity (Wildman–Crippen MR) is 90.8 cm³/mol. The van der Waals surface area contributed by atoms with Gasteiger partial charge in [-0.3, -0.25) is 4.90 Å². The average Bonchev–Trinajstić information content (AvgIpc) is 2.81. The predicted octanol–water partition coefficient (Wildman–Crippen LogP) is 3.47. The standard InChI is InChI=1S/C17H29NO2S/c1-5-10-20-13-16(19)11-18(9-8-14(2)3)12-17-7-6-15(4)21-17/h5-7,14,16,19H,1,8-13H2,2-4H3. The number of nitrogens with zero attached hydrogens (tertiary/aromatic N) is 1. The average molecular weight is 311 g/mol. The molecule has 3 nitrogen and oxygen atoms in total. The van der Waals surface area contributed by atoms with Gasteiger partial charge in [-0.05, 0) is 37.9 Å². The van der Waals surface area contributed by atoms with E-state index in [4.69, 9.17) is 4.74 Å². The SMILES string of the molecule is C=CCOCC(O)CN(CCC(C)C)Cc1ccc(C)s1. The quantitative estimate of drug-likeness (QED) is 0.502. The van der Waals surface area contributed by atoms with Crippen molar-refractivity contribution in [2.24, 2.45) is 5.92 Å². The molecule has 1 aromatic heterocycles. The van der Waals surface area contributed by atoms with Crippen LogP contribution in [-0.2, 0) is 11.3 Å². The first-order valence-corrected chi connectivity index (χ1v) is 8.47. The van der Waals surface area contributed by atoms with E-state index in [1.54, 1.807) is 6.08 Å². The Morgan fingerprint density at radius 3 is 2.76 bits per heavy atom. The molecule has 0 saturated carbocycles. The number of hydrogen-bond donors (Lipinski definition) is 1. The summed E-state index contributed by atoms with van der Waals surface area (Å²) in [6.45, 7) is 13.6. The van der Waals surface area contributed by atoms with Crippen molar-refractivity contribution >= 4 is 11.3 Å². The normalized spacial score (nSPS) is 13.0. The van der Waals surface area contributed by atoms with E-state index in [1.807, 2.05) is 11.3 Å². The van der Waals surface area contributed by atoms with Crippen molar-refractivity contribution in [1.82, 2.24) is 4.90 Å². The Morgan fingerprint density at radius 2 is 2.19 bits per heavy atom. The Balaban J connectivity index is 2.48. The molecule has 1 aromatic rings. The number of rotatable bonds is 11. The molecule has 0 amide bonds. The highest BCUT2D eigenvalue weighted by atomic mass is 32.1. The molecule has 1 unspecified atom stereocenters. The van der Waals surface area contributed by atoms with Gasteiger partial charge in [-0.25, -0.2) is 0 Å². The molecule has 120 valence electrons. The summed E-state index contributed by atoms with van der Waals surface area (Å²) in [5.41, 5.74) is 0. The van der Waals surface area contributed by atoms with Crippen molar-refractivity contribution in [3.8, 4) is 0 Å². The lowest BCUT2D eigenvalue weighted by Crippen LogP contribution is -2.35. The third-order valence-electron chi connectivity index (χ3n) is 3.21. The first kappa shape index (κ1) is 18.4. The van der Waals surface area contributed by atoms with Crippen LogP contribution in [0.2, 0.25) is 0 Å². The van der Waals surface area contributed by atoms with Gasteiger partial charge >= 0.3 is 0 Å². The third kappa shape index (κ3) is 8.37. The summed E-state index contributed by atoms with van der Waals surface area (Å²) >= 11 is 1.83. The van der Waals surface area contributed by atoms with E-state index in [9.17, 15) is 5.11 Å². The van der Waals surface area contributed by atoms with E-state index < -0.39 is 6.10 Å². The minimum Gasteiger partial charge on any atom is -0.389 e. The maximum atomic E-state index is 10.1. The van der Waals surface area contributed by atoms with Crippen LogP contribution in [0.1, 0.15) is 30.0 Å². The smallest absolute Gasteiger partial charge is 0.0900 e. The largest absolute Gasteiger partial charge is 0.389 e. The molecule has 0 bridgehead atoms. The van der Waals surface area contributed by atoms with E-state index >= 15 is 0 Å². The van der Waals surface area contributed by atoms with Crippen molar-refractivity contribution in [2.75, 3.05) is 26.3 Å². The summed E-state index contributed by atoms with van der Waals surface area (Å²) in [7, 11) is 0. The van der Waals surface area contributed by atoms with Crippen LogP contribution < -0.4 is 0 Å². The molecule has 0 fully saturated rings. The Kier molecular flexibility index (Phi) is 8.85. The molecular weight excluding hydrogens is 282 g/mol. The number of hydrogen-bond acceptors (Lipinski definition) is 4. The zero-order chi connectivity index (χ0) is 15.7. The molecule has 0 aromatic carbocycles. The summed E-state index contributed by atoms with van der Waals surface area (Å²) in [4.78, 5) is 5.02. The molecule has 1 atom stereocenters. The van der Waals surface area contributed by atoms with Crippen LogP contribution in [0.5, 0.6) is 0 Å². The van der Waals surface area contributed by atoms with Gasteiger partial charge in [0.2, 0.25) is 0 Å². The fourth-order valence-corrected chi connectivity index (χ4v) is 3.04. The van der Waals surface area contributed by atoms with Gasteiger partial charge < -0.3 is 9.84 Å². The van der Waals surface area contributed by atoms with Gasteiger partial charge in [0.15, 0.2) is 0 Å². The minimum absolute atomic E-state index is 0.369. The molecule has 4 heteroatoms. The highest BCUT2D eigenvalue weighted by molar-refractivity contribution is 7.11. The summed E-state index contributed by atoms with van der Waals surface area (Å²) in [6.07, 6.45) is 2.40. The summed E-state index contributed by atoms with van der Waals surface area (Å²) < 4.78 is 5.33. The number of ether oxygens (including phenoxy) is 1. The van der Waals surface area contributed by atoms with Crippen LogP contribution in [0, 0.1) is 12.8 Å². The summed E-state index contributed by atoms with van der Waals surface area (Å²) in [6, 6.07) is 4.34. The Labute approximate surface area is 133 Å². The second-order valence-electron chi connectivity index (χ2n) is 5.91. The third-order valence-corrected chi connectivity index (χ3v) is 4.20. The second kappa shape index (κ2) is 10.1. The molecule has 0 saturated heterocycles. The van der Waals surface area contributed by atoms with E-state index in [1.165, 1.54) is 9.75 Å². The van der Waals surface area contributed by atoms with Gasteiger partial charge in [0.1, 0.15) is 0 Å². The van der Waals surface area contributed by atoms with E-state index in [2.05, 4.69) is 44.4 Å². The molecule has 0 aliphatic rings. The van der Waals surface area contributed by atoms with Gasteiger partial charge in [0.05, 0.1) is 19.3 Å². The number of aliphatic hydroxyl groups is 1. The number of aliphatic hydroxyl groups excluding tert-OH is 1. The molecule has 0 spiro atoms. The fraction of sp³-hybridized carbons (Fsp3) is 0.647. The molecule has 0 aliphatic carbocycles. The fourth-order valence-electron chi connectivity index (χ4n) is 2.10. The van der Waals surface area contributed by atoms with Crippen molar-refractivity contribution < 1.29 is 9.84 Å². The molecule has 1 rings (SSSR count). The molecule has 0 aliphatic heterocycles. The Bertz CT molecular complexity index is 403. The summed E-state index contributed by atoms with van der Waals surface area (Å²) in [5.74, 6) is 0.673. The maximum Gasteiger partial charge on any atom is 0.0900 e. The molecule has 1 N–H and O–H groups in total. The first-order chi connectivity index (χ1) is 10.0. The lowest BCUT2D eigenvalue weighted by atomic mass is 10.1. The van der Waals surface area contributed by atoms with E-state index in [-0.39, 0.29) is 0 Å². The minimum atomic E-state index is -0.446. The van der Waals surface area contributed by atoms with Crippen molar-refractivity contribution in [3.05, 3.63) is 34.5 Å². The number of thiophene rings is 1. The van der Waals surface area contributed by atoms with Gasteiger partial charge in [0.25, 0.3) is 0 Å². The highest BCUT2D eigenvalue weighted by Gasteiger charge is 2.14. The van der Waals surface area contributed by atoms with Crippen molar-refractivity contribution in [1.29, 1.82) is 0 Å². The van der Waals surface area contributed by atoms with Gasteiger partial charge in [-0.1, -0.05) is 19.9 Å². The number of aryl methyl sites for hydroxylation is 1. The van der Waals surface area contributed by atoms with Gasteiger partial charge in [-0.15, -0.1) is 17.9 Å². The van der Waals surface area contributed by atoms with Crippen molar-refractivity contribution in [2.45, 2.75) is 39.8 Å². The second-order valence-corrected chi connectivity index (χ2v) is 7.28. The summed E-state index contributed by atoms with van der Waals surface area (Å²) in [5, 5.41) is 10.1. The van der Waals surface area contributed by atoms with Crippen LogP contribution in [0.3, 0.4) is 0 Å². The first-order valence-electron chi connectivity index (χ1n) is 7.65. The van der Waals surface area contributed by atoms with E-state index in [0.717, 1.165) is 19.5 Å². The Hall–Kier alpha value is -0.680. The molecule has 21 heavy (non-hydrogen) atoms. The van der Waals surface area contributed by atoms with Gasteiger partial charge in [-0.2, -0.15) is 0 Å². The van der Waals surface area contributed by atoms with Crippen LogP contribution in [0.4, 0.5) is 0 Å². The molecule has 0 radical (unpaired) electrons. The van der Waals surface area contributed by atoms with E-state index in [0.29, 0.717) is 25.7 Å². The van der Waals surface area contributed by atoms with Crippen molar-refractivity contribution in [3.63, 3.8) is 0 Å². The monoisotopic (exact) mass is 311 g/mol. The highest BCUT2D eigenvalue weighted by Crippen LogP contribution is 2.18. The lowest BCUT2D eigenvalue weighted by molar-refractivity contribution is 0.0239. The Morgan fingerprint density at radius 1 is 1.43 bits per heavy atom. The maximum absolute atomic E-state index is 10.1. The van der Waals surface area contributed by atoms with Crippen LogP contribution >= 0.6 is 11.3 Å². The topological polar surface area (TPSA) is 32.7 Å². The van der Waals surface area contributed by atoms with Crippen LogP contribution in [0.25, 0.3) is 0 Å². The molecule has 1 heterocycles. The lowest BCUT2D eigenvalue weighted by Gasteiger charge is -2.25. The molecular formula is C17H29NO2S.